The average Bonchev–Trinajstić information content (AvgIpc) is 2.67. The molecule has 0 aliphatic rings. The molecule has 35 heavy (non-hydrogen) atoms. The van der Waals surface area contributed by atoms with Crippen molar-refractivity contribution in [2.75, 3.05) is 0 Å². The number of halogens is 10. The predicted octanol–water partition coefficient (Wildman–Crippen LogP) is 1.05. The molecule has 0 aliphatic heterocycles. The minimum atomic E-state index is -8.02. The Morgan fingerprint density at radius 1 is 0.486 bits per heavy atom. The molecule has 0 atom stereocenters. The van der Waals surface area contributed by atoms with E-state index in [4.69, 9.17) is 0 Å². The monoisotopic (exact) mass is 692 g/mol. The zero-order chi connectivity index (χ0) is 27.5. The van der Waals surface area contributed by atoms with Crippen LogP contribution in [0.25, 0.3) is 0 Å². The Balaban J connectivity index is 0.000000394. The van der Waals surface area contributed by atoms with Gasteiger partial charge in [0, 0.05) is 0 Å². The molecule has 0 heterocycles. The maximum atomic E-state index is 12.0. The third kappa shape index (κ3) is 7.44. The zero-order valence-corrected chi connectivity index (χ0v) is 20.8. The molecule has 2 aromatic rings. The fourth-order valence-corrected chi connectivity index (χ4v) is 9.80. The molecule has 198 valence electrons. The van der Waals surface area contributed by atoms with Gasteiger partial charge in [0.1, 0.15) is 0 Å². The summed E-state index contributed by atoms with van der Waals surface area (Å²) in [5.41, 5.74) is -21.2. The molecular weight excluding hydrogens is 682 g/mol. The predicted molar refractivity (Wildman–Crippen MR) is 98.4 cm³/mol. The first-order valence-corrected chi connectivity index (χ1v) is 14.7. The van der Waals surface area contributed by atoms with E-state index >= 15 is 0 Å². The first-order valence-electron chi connectivity index (χ1n) is 8.12. The topological polar surface area (TPSA) is 102 Å². The summed E-state index contributed by atoms with van der Waals surface area (Å²) < 4.78 is 170. The van der Waals surface area contributed by atoms with E-state index in [1.54, 1.807) is 0 Å². The number of alkyl halides is 9. The quantitative estimate of drug-likeness (QED) is 0.264. The summed E-state index contributed by atoms with van der Waals surface area (Å²) in [5, 5.41) is 0. The van der Waals surface area contributed by atoms with Crippen LogP contribution in [-0.4, -0.2) is 41.8 Å². The van der Waals surface area contributed by atoms with E-state index in [1.165, 1.54) is 7.14 Å². The van der Waals surface area contributed by atoms with E-state index in [0.29, 0.717) is 0 Å². The molecule has 6 nitrogen and oxygen atoms in total. The van der Waals surface area contributed by atoms with Gasteiger partial charge in [-0.2, -0.15) is 39.5 Å². The molecule has 0 bridgehead atoms. The standard InChI is InChI=1S/C12H10I.C4F9O6S3/c1-3-7-11(8-4-1)13-12-9-5-2-6-10-12;5-2(6,7)20(14,15)1(21(16,17)3(8,9)10)22(18,19)4(11,12)13/h1-10H;/q+1;-1. The highest BCUT2D eigenvalue weighted by Gasteiger charge is 2.63. The first kappa shape index (κ1) is 31.4. The van der Waals surface area contributed by atoms with Crippen LogP contribution < -0.4 is 21.2 Å². The molecule has 2 aromatic carbocycles. The highest BCUT2D eigenvalue weighted by molar-refractivity contribution is 8.29. The average molecular weight is 692 g/mol. The van der Waals surface area contributed by atoms with Crippen LogP contribution in [0.4, 0.5) is 39.5 Å². The van der Waals surface area contributed by atoms with Crippen LogP contribution in [-0.2, 0) is 29.5 Å². The highest BCUT2D eigenvalue weighted by Crippen LogP contribution is 2.47. The summed E-state index contributed by atoms with van der Waals surface area (Å²) in [6, 6.07) is 21.4. The maximum Gasteiger partial charge on any atom is 0.470 e. The van der Waals surface area contributed by atoms with Crippen molar-refractivity contribution >= 4 is 29.5 Å². The Kier molecular flexibility index (Phi) is 9.68. The summed E-state index contributed by atoms with van der Waals surface area (Å²) in [7, 11) is -24.1. The van der Waals surface area contributed by atoms with Gasteiger partial charge in [-0.05, 0) is 24.3 Å². The van der Waals surface area contributed by atoms with Crippen molar-refractivity contribution in [1.29, 1.82) is 0 Å². The molecule has 0 N–H and O–H groups in total. The summed E-state index contributed by atoms with van der Waals surface area (Å²) >= 11 is 0.0287. The van der Waals surface area contributed by atoms with Gasteiger partial charge in [0.25, 0.3) is 0 Å². The lowest BCUT2D eigenvalue weighted by molar-refractivity contribution is -0.597. The van der Waals surface area contributed by atoms with Crippen molar-refractivity contribution in [3.8, 4) is 0 Å². The van der Waals surface area contributed by atoms with E-state index in [0.717, 1.165) is 0 Å². The van der Waals surface area contributed by atoms with Gasteiger partial charge in [-0.15, -0.1) is 0 Å². The normalized spacial score (nSPS) is 13.8. The van der Waals surface area contributed by atoms with Crippen LogP contribution in [0, 0.1) is 11.1 Å². The molecule has 0 saturated heterocycles. The van der Waals surface area contributed by atoms with E-state index in [1.807, 2.05) is 0 Å². The van der Waals surface area contributed by atoms with Crippen LogP contribution in [0.3, 0.4) is 0 Å². The SMILES string of the molecule is O=S(=O)([C-](S(=O)(=O)C(F)(F)F)S(=O)(=O)C(F)(F)F)C(F)(F)F.c1ccc([I+]c2ccccc2)cc1. The largest absolute Gasteiger partial charge is 0.470 e. The summed E-state index contributed by atoms with van der Waals surface area (Å²) in [6.07, 6.45) is 0. The molecule has 0 amide bonds. The Labute approximate surface area is 203 Å². The number of benzene rings is 2. The lowest BCUT2D eigenvalue weighted by Gasteiger charge is -2.31. The Hall–Kier alpha value is -1.61. The van der Waals surface area contributed by atoms with Crippen molar-refractivity contribution in [1.82, 2.24) is 0 Å². The van der Waals surface area contributed by atoms with Crippen molar-refractivity contribution in [3.05, 3.63) is 71.7 Å². The van der Waals surface area contributed by atoms with Gasteiger partial charge in [0.15, 0.2) is 36.7 Å². The molecule has 0 aliphatic carbocycles. The smallest absolute Gasteiger partial charge is 0.251 e. The first-order chi connectivity index (χ1) is 15.6. The van der Waals surface area contributed by atoms with Gasteiger partial charge in [0.05, 0.1) is 3.91 Å². The summed E-state index contributed by atoms with van der Waals surface area (Å²) in [5.74, 6) is 0. The fraction of sp³-hybridized carbons (Fsp3) is 0.188. The molecule has 0 fully saturated rings. The Morgan fingerprint density at radius 3 is 0.914 bits per heavy atom. The minimum Gasteiger partial charge on any atom is -0.251 e. The number of hydrogen-bond acceptors (Lipinski definition) is 6. The van der Waals surface area contributed by atoms with Crippen molar-refractivity contribution < 1.29 is 86.0 Å². The van der Waals surface area contributed by atoms with Gasteiger partial charge >= 0.3 is 37.7 Å². The Morgan fingerprint density at radius 2 is 0.714 bits per heavy atom. The lowest BCUT2D eigenvalue weighted by atomic mass is 10.4. The maximum absolute atomic E-state index is 12.0. The molecule has 0 unspecified atom stereocenters. The van der Waals surface area contributed by atoms with Crippen LogP contribution in [0.1, 0.15) is 0 Å². The molecule has 0 saturated carbocycles. The van der Waals surface area contributed by atoms with Gasteiger partial charge in [-0.1, -0.05) is 36.4 Å². The van der Waals surface area contributed by atoms with Crippen molar-refractivity contribution in [2.24, 2.45) is 0 Å². The van der Waals surface area contributed by atoms with Crippen LogP contribution in [0.15, 0.2) is 60.7 Å². The second kappa shape index (κ2) is 10.8. The second-order valence-corrected chi connectivity index (χ2v) is 15.2. The molecule has 2 rings (SSSR count). The number of rotatable bonds is 5. The van der Waals surface area contributed by atoms with E-state index < -0.39 is 50.0 Å². The van der Waals surface area contributed by atoms with Crippen molar-refractivity contribution in [2.45, 2.75) is 16.5 Å². The second-order valence-electron chi connectivity index (χ2n) is 5.78. The van der Waals surface area contributed by atoms with Gasteiger partial charge in [-0.25, -0.2) is 0 Å². The third-order valence-electron chi connectivity index (χ3n) is 3.26. The lowest BCUT2D eigenvalue weighted by Crippen LogP contribution is -3.61. The zero-order valence-electron chi connectivity index (χ0n) is 16.2. The molecule has 0 spiro atoms. The Bertz CT molecular complexity index is 1160. The summed E-state index contributed by atoms with van der Waals surface area (Å²) in [4.78, 5) is 0. The third-order valence-corrected chi connectivity index (χ3v) is 13.0. The van der Waals surface area contributed by atoms with Gasteiger partial charge in [0.2, 0.25) is 0 Å². The van der Waals surface area contributed by atoms with E-state index in [2.05, 4.69) is 60.7 Å². The summed E-state index contributed by atoms with van der Waals surface area (Å²) in [6.45, 7) is 0. The van der Waals surface area contributed by atoms with E-state index in [-0.39, 0.29) is 21.2 Å². The molecular formula is C16H10F9IO6S3. The number of sulfone groups is 3. The van der Waals surface area contributed by atoms with E-state index in [9.17, 15) is 64.8 Å². The van der Waals surface area contributed by atoms with Crippen LogP contribution in [0.5, 0.6) is 0 Å². The van der Waals surface area contributed by atoms with Crippen molar-refractivity contribution in [3.63, 3.8) is 0 Å². The molecule has 0 radical (unpaired) electrons. The van der Waals surface area contributed by atoms with Gasteiger partial charge < -0.3 is 0 Å². The number of hydrogen-bond donors (Lipinski definition) is 0. The van der Waals surface area contributed by atoms with Crippen LogP contribution in [0.2, 0.25) is 0 Å². The minimum absolute atomic E-state index is 0.0287. The highest BCUT2D eigenvalue weighted by atomic mass is 127. The van der Waals surface area contributed by atoms with Crippen LogP contribution >= 0.6 is 0 Å². The molecule has 0 aromatic heterocycles. The molecule has 19 heteroatoms. The van der Waals surface area contributed by atoms with Gasteiger partial charge in [-0.3, -0.25) is 25.3 Å². The fourth-order valence-electron chi connectivity index (χ4n) is 1.80.